The molecule has 1 fully saturated rings. The molecule has 0 saturated carbocycles. The van der Waals surface area contributed by atoms with E-state index in [2.05, 4.69) is 4.72 Å². The Labute approximate surface area is 195 Å². The summed E-state index contributed by atoms with van der Waals surface area (Å²) in [6.45, 7) is 6.34. The highest BCUT2D eigenvalue weighted by Gasteiger charge is 2.33. The molecule has 34 heavy (non-hydrogen) atoms. The fourth-order valence-electron chi connectivity index (χ4n) is 3.53. The molecular formula is C22H25F4N3O4S. The van der Waals surface area contributed by atoms with E-state index in [9.17, 15) is 30.8 Å². The van der Waals surface area contributed by atoms with Crippen molar-refractivity contribution in [1.82, 2.24) is 0 Å². The number of sulfonamides is 1. The van der Waals surface area contributed by atoms with E-state index in [4.69, 9.17) is 4.74 Å². The van der Waals surface area contributed by atoms with E-state index in [1.807, 2.05) is 5.32 Å². The van der Waals surface area contributed by atoms with E-state index in [0.29, 0.717) is 0 Å². The SMILES string of the molecule is CC1CN(c2c(F)c(F)c(NC(=O)c3ccc(NS(=O)(=O)C(C)C)cc3)c(F)c2F)CC(C)O1. The highest BCUT2D eigenvalue weighted by Crippen LogP contribution is 2.35. The smallest absolute Gasteiger partial charge is 0.255 e. The number of carbonyl (C=O) groups excluding carboxylic acids is 1. The zero-order valence-electron chi connectivity index (χ0n) is 19.0. The minimum absolute atomic E-state index is 0.0235. The first-order valence-electron chi connectivity index (χ1n) is 10.5. The molecule has 12 heteroatoms. The van der Waals surface area contributed by atoms with Crippen LogP contribution in [0.2, 0.25) is 0 Å². The van der Waals surface area contributed by atoms with Gasteiger partial charge in [-0.05, 0) is 52.0 Å². The lowest BCUT2D eigenvalue weighted by Gasteiger charge is -2.37. The van der Waals surface area contributed by atoms with Crippen molar-refractivity contribution in [2.24, 2.45) is 0 Å². The van der Waals surface area contributed by atoms with Gasteiger partial charge in [0.05, 0.1) is 17.5 Å². The lowest BCUT2D eigenvalue weighted by molar-refractivity contribution is -0.00566. The Hall–Kier alpha value is -2.86. The summed E-state index contributed by atoms with van der Waals surface area (Å²) in [5.74, 6) is -7.79. The van der Waals surface area contributed by atoms with Crippen LogP contribution in [0, 0.1) is 23.3 Å². The molecule has 1 heterocycles. The number of hydrogen-bond acceptors (Lipinski definition) is 5. The van der Waals surface area contributed by atoms with Gasteiger partial charge in [0.2, 0.25) is 10.0 Å². The van der Waals surface area contributed by atoms with Gasteiger partial charge >= 0.3 is 0 Å². The Bertz CT molecular complexity index is 1150. The van der Waals surface area contributed by atoms with Crippen molar-refractivity contribution >= 4 is 33.0 Å². The Morgan fingerprint density at radius 2 is 1.47 bits per heavy atom. The van der Waals surface area contributed by atoms with Crippen LogP contribution in [-0.4, -0.2) is 44.9 Å². The summed E-state index contributed by atoms with van der Waals surface area (Å²) in [5, 5.41) is 1.16. The number of morpholine rings is 1. The molecule has 0 bridgehead atoms. The quantitative estimate of drug-likeness (QED) is 0.455. The van der Waals surface area contributed by atoms with Crippen LogP contribution >= 0.6 is 0 Å². The summed E-state index contributed by atoms with van der Waals surface area (Å²) >= 11 is 0. The molecule has 2 atom stereocenters. The zero-order chi connectivity index (χ0) is 25.4. The third-order valence-electron chi connectivity index (χ3n) is 5.24. The zero-order valence-corrected chi connectivity index (χ0v) is 19.8. The highest BCUT2D eigenvalue weighted by molar-refractivity contribution is 7.93. The van der Waals surface area contributed by atoms with Gasteiger partial charge in [-0.1, -0.05) is 0 Å². The van der Waals surface area contributed by atoms with Gasteiger partial charge in [-0.2, -0.15) is 0 Å². The second-order valence-electron chi connectivity index (χ2n) is 8.37. The van der Waals surface area contributed by atoms with E-state index in [-0.39, 0.29) is 24.3 Å². The predicted molar refractivity (Wildman–Crippen MR) is 121 cm³/mol. The number of carbonyl (C=O) groups is 1. The maximum atomic E-state index is 14.8. The molecular weight excluding hydrogens is 478 g/mol. The van der Waals surface area contributed by atoms with Crippen molar-refractivity contribution in [1.29, 1.82) is 0 Å². The predicted octanol–water partition coefficient (Wildman–Crippen LogP) is 4.26. The van der Waals surface area contributed by atoms with Crippen LogP contribution in [-0.2, 0) is 14.8 Å². The van der Waals surface area contributed by atoms with Crippen molar-refractivity contribution in [3.8, 4) is 0 Å². The lowest BCUT2D eigenvalue weighted by Crippen LogP contribution is -2.46. The van der Waals surface area contributed by atoms with Crippen LogP contribution in [0.5, 0.6) is 0 Å². The average molecular weight is 504 g/mol. The Morgan fingerprint density at radius 1 is 0.971 bits per heavy atom. The number of nitrogens with one attached hydrogen (secondary N) is 2. The fraction of sp³-hybridized carbons (Fsp3) is 0.409. The second-order valence-corrected chi connectivity index (χ2v) is 10.6. The maximum Gasteiger partial charge on any atom is 0.255 e. The summed E-state index contributed by atoms with van der Waals surface area (Å²) < 4.78 is 90.7. The monoisotopic (exact) mass is 503 g/mol. The van der Waals surface area contributed by atoms with Crippen LogP contribution in [0.25, 0.3) is 0 Å². The first-order valence-corrected chi connectivity index (χ1v) is 12.1. The van der Waals surface area contributed by atoms with Crippen LogP contribution in [0.1, 0.15) is 38.1 Å². The number of benzene rings is 2. The topological polar surface area (TPSA) is 87.7 Å². The van der Waals surface area contributed by atoms with E-state index in [0.717, 1.165) is 4.90 Å². The molecule has 1 amide bonds. The van der Waals surface area contributed by atoms with E-state index < -0.39 is 68.0 Å². The Morgan fingerprint density at radius 3 is 1.94 bits per heavy atom. The van der Waals surface area contributed by atoms with Crippen molar-refractivity contribution < 1.29 is 35.5 Å². The average Bonchev–Trinajstić information content (AvgIpc) is 2.75. The van der Waals surface area contributed by atoms with E-state index in [1.165, 1.54) is 38.1 Å². The first kappa shape index (κ1) is 25.8. The number of anilines is 3. The van der Waals surface area contributed by atoms with Crippen molar-refractivity contribution in [3.63, 3.8) is 0 Å². The van der Waals surface area contributed by atoms with Crippen molar-refractivity contribution in [2.45, 2.75) is 45.2 Å². The number of amides is 1. The van der Waals surface area contributed by atoms with Crippen molar-refractivity contribution in [2.75, 3.05) is 28.0 Å². The number of rotatable bonds is 6. The van der Waals surface area contributed by atoms with E-state index in [1.54, 1.807) is 13.8 Å². The standard InChI is InChI=1S/C22H25F4N3O4S/c1-11(2)34(31,32)28-15-7-5-14(6-8-15)22(30)27-20-16(23)18(25)21(19(26)17(20)24)29-9-12(3)33-13(4)10-29/h5-8,11-13,28H,9-10H2,1-4H3,(H,27,30). The maximum absolute atomic E-state index is 14.8. The first-order chi connectivity index (χ1) is 15.8. The lowest BCUT2D eigenvalue weighted by atomic mass is 10.1. The van der Waals surface area contributed by atoms with E-state index >= 15 is 0 Å². The van der Waals surface area contributed by atoms with Gasteiger partial charge in [-0.25, -0.2) is 26.0 Å². The summed E-state index contributed by atoms with van der Waals surface area (Å²) in [6, 6.07) is 4.93. The molecule has 1 aliphatic rings. The molecule has 2 unspecified atom stereocenters. The van der Waals surface area contributed by atoms with Crippen molar-refractivity contribution in [3.05, 3.63) is 53.1 Å². The number of halogens is 4. The molecule has 0 spiro atoms. The minimum Gasteiger partial charge on any atom is -0.372 e. The van der Waals surface area contributed by atoms with Crippen LogP contribution in [0.4, 0.5) is 34.6 Å². The summed E-state index contributed by atoms with van der Waals surface area (Å²) in [6.07, 6.45) is -0.831. The third-order valence-corrected chi connectivity index (χ3v) is 7.00. The number of hydrogen-bond donors (Lipinski definition) is 2. The molecule has 1 aliphatic heterocycles. The highest BCUT2D eigenvalue weighted by atomic mass is 32.2. The normalized spacial score (nSPS) is 18.8. The van der Waals surface area contributed by atoms with Crippen LogP contribution < -0.4 is 14.9 Å². The Balaban J connectivity index is 1.85. The molecule has 0 radical (unpaired) electrons. The summed E-state index contributed by atoms with van der Waals surface area (Å²) in [5.41, 5.74) is -2.08. The third kappa shape index (κ3) is 5.27. The molecule has 0 aromatic heterocycles. The fourth-order valence-corrected chi connectivity index (χ4v) is 4.23. The van der Waals surface area contributed by atoms with Gasteiger partial charge in [0, 0.05) is 24.3 Å². The summed E-state index contributed by atoms with van der Waals surface area (Å²) in [4.78, 5) is 13.6. The molecule has 2 N–H and O–H groups in total. The van der Waals surface area contributed by atoms with Gasteiger partial charge in [0.1, 0.15) is 11.4 Å². The van der Waals surface area contributed by atoms with Gasteiger partial charge in [-0.15, -0.1) is 0 Å². The Kier molecular flexibility index (Phi) is 7.41. The largest absolute Gasteiger partial charge is 0.372 e. The molecule has 1 saturated heterocycles. The summed E-state index contributed by atoms with van der Waals surface area (Å²) in [7, 11) is -3.62. The molecule has 7 nitrogen and oxygen atoms in total. The molecule has 0 aliphatic carbocycles. The number of ether oxygens (including phenoxy) is 1. The van der Waals surface area contributed by atoms with Crippen LogP contribution in [0.15, 0.2) is 24.3 Å². The molecule has 2 aromatic carbocycles. The van der Waals surface area contributed by atoms with Gasteiger partial charge in [-0.3, -0.25) is 9.52 Å². The number of nitrogens with zero attached hydrogens (tertiary/aromatic N) is 1. The van der Waals surface area contributed by atoms with Gasteiger partial charge in [0.15, 0.2) is 23.3 Å². The minimum atomic E-state index is -3.62. The molecule has 3 rings (SSSR count). The van der Waals surface area contributed by atoms with Crippen LogP contribution in [0.3, 0.4) is 0 Å². The molecule has 186 valence electrons. The van der Waals surface area contributed by atoms with Gasteiger partial charge in [0.25, 0.3) is 5.91 Å². The molecule has 2 aromatic rings. The van der Waals surface area contributed by atoms with Gasteiger partial charge < -0.3 is 15.0 Å². The second kappa shape index (κ2) is 9.79.